The molecule has 0 unspecified atom stereocenters. The largest absolute Gasteiger partial charge is 0.396 e. The van der Waals surface area contributed by atoms with E-state index in [2.05, 4.69) is 10.3 Å². The van der Waals surface area contributed by atoms with Gasteiger partial charge < -0.3 is 15.5 Å². The monoisotopic (exact) mass is 468 g/mol. The minimum Gasteiger partial charge on any atom is -0.396 e. The van der Waals surface area contributed by atoms with Crippen molar-refractivity contribution in [3.63, 3.8) is 0 Å². The van der Waals surface area contributed by atoms with Crippen LogP contribution >= 0.6 is 0 Å². The van der Waals surface area contributed by atoms with Gasteiger partial charge in [0.1, 0.15) is 11.4 Å². The molecule has 3 N–H and O–H groups in total. The number of hydrogen-bond acceptors (Lipinski definition) is 5. The van der Waals surface area contributed by atoms with Crippen LogP contribution in [0.3, 0.4) is 0 Å². The Hall–Kier alpha value is -2.84. The minimum absolute atomic E-state index is 0.0985. The maximum Gasteiger partial charge on any atom is 0.274 e. The van der Waals surface area contributed by atoms with Gasteiger partial charge in [-0.1, -0.05) is 6.07 Å². The number of amides is 1. The average Bonchev–Trinajstić information content (AvgIpc) is 3.20. The quantitative estimate of drug-likeness (QED) is 0.481. The molecule has 0 spiro atoms. The summed E-state index contributed by atoms with van der Waals surface area (Å²) in [6, 6.07) is 8.56. The van der Waals surface area contributed by atoms with Gasteiger partial charge >= 0.3 is 0 Å². The standard InChI is InChI=1S/C26H33FN4O3/c1-25(2,27)23-7-5-6-20(28-23)24(33)29-22-12-17-14-31(18-10-8-16(15-32)9-11-18)30-21(17)13-19(22)26(3,4)34/h5-7,12-14,16,18,32,34H,8-11,15H2,1-4H3,(H,29,33)/t16-,18-. The van der Waals surface area contributed by atoms with Crippen molar-refractivity contribution in [2.75, 3.05) is 11.9 Å². The van der Waals surface area contributed by atoms with Gasteiger partial charge in [-0.15, -0.1) is 0 Å². The number of carbonyl (C=O) groups excluding carboxylic acids is 1. The van der Waals surface area contributed by atoms with Gasteiger partial charge in [0.2, 0.25) is 0 Å². The molecule has 1 aliphatic carbocycles. The summed E-state index contributed by atoms with van der Waals surface area (Å²) in [7, 11) is 0. The van der Waals surface area contributed by atoms with E-state index >= 15 is 0 Å². The van der Waals surface area contributed by atoms with Gasteiger partial charge in [0, 0.05) is 29.4 Å². The van der Waals surface area contributed by atoms with E-state index in [1.54, 1.807) is 32.0 Å². The number of hydrogen-bond donors (Lipinski definition) is 3. The molecule has 0 radical (unpaired) electrons. The van der Waals surface area contributed by atoms with Crippen LogP contribution in [0.1, 0.15) is 81.2 Å². The first-order valence-corrected chi connectivity index (χ1v) is 11.8. The highest BCUT2D eigenvalue weighted by atomic mass is 19.1. The third-order valence-corrected chi connectivity index (χ3v) is 6.61. The van der Waals surface area contributed by atoms with E-state index in [-0.39, 0.29) is 24.0 Å². The number of pyridine rings is 1. The zero-order valence-electron chi connectivity index (χ0n) is 20.2. The van der Waals surface area contributed by atoms with Crippen molar-refractivity contribution < 1.29 is 19.4 Å². The lowest BCUT2D eigenvalue weighted by atomic mass is 9.87. The van der Waals surface area contributed by atoms with Gasteiger partial charge in [0.05, 0.1) is 22.9 Å². The average molecular weight is 469 g/mol. The van der Waals surface area contributed by atoms with Crippen LogP contribution in [0.15, 0.2) is 36.5 Å². The summed E-state index contributed by atoms with van der Waals surface area (Å²) in [5, 5.41) is 28.7. The molecule has 1 fully saturated rings. The highest BCUT2D eigenvalue weighted by Crippen LogP contribution is 2.35. The van der Waals surface area contributed by atoms with Crippen molar-refractivity contribution in [3.05, 3.63) is 53.5 Å². The van der Waals surface area contributed by atoms with E-state index in [9.17, 15) is 19.4 Å². The molecular weight excluding hydrogens is 435 g/mol. The van der Waals surface area contributed by atoms with Gasteiger partial charge in [0.25, 0.3) is 5.91 Å². The summed E-state index contributed by atoms with van der Waals surface area (Å²) in [6.45, 7) is 6.33. The van der Waals surface area contributed by atoms with Crippen molar-refractivity contribution in [1.29, 1.82) is 0 Å². The predicted molar refractivity (Wildman–Crippen MR) is 129 cm³/mol. The number of anilines is 1. The van der Waals surface area contributed by atoms with Crippen molar-refractivity contribution in [2.24, 2.45) is 5.92 Å². The second kappa shape index (κ2) is 9.07. The Morgan fingerprint density at radius 1 is 1.18 bits per heavy atom. The Labute approximate surface area is 199 Å². The van der Waals surface area contributed by atoms with E-state index in [4.69, 9.17) is 5.10 Å². The number of nitrogens with one attached hydrogen (secondary N) is 1. The molecule has 8 heteroatoms. The van der Waals surface area contributed by atoms with E-state index in [1.807, 2.05) is 16.9 Å². The molecule has 2 heterocycles. The zero-order valence-corrected chi connectivity index (χ0v) is 20.2. The second-order valence-electron chi connectivity index (χ2n) is 10.3. The molecule has 1 saturated carbocycles. The fourth-order valence-corrected chi connectivity index (χ4v) is 4.56. The van der Waals surface area contributed by atoms with E-state index in [0.717, 1.165) is 36.6 Å². The fourth-order valence-electron chi connectivity index (χ4n) is 4.56. The Balaban J connectivity index is 1.66. The molecule has 1 aromatic carbocycles. The van der Waals surface area contributed by atoms with Crippen molar-refractivity contribution in [3.8, 4) is 0 Å². The summed E-state index contributed by atoms with van der Waals surface area (Å²) in [5.41, 5.74) is -0.894. The molecule has 4 rings (SSSR count). The summed E-state index contributed by atoms with van der Waals surface area (Å²) >= 11 is 0. The predicted octanol–water partition coefficient (Wildman–Crippen LogP) is 4.84. The lowest BCUT2D eigenvalue weighted by Gasteiger charge is -2.27. The van der Waals surface area contributed by atoms with Crippen LogP contribution in [-0.2, 0) is 11.3 Å². The summed E-state index contributed by atoms with van der Waals surface area (Å²) < 4.78 is 16.3. The number of nitrogens with zero attached hydrogens (tertiary/aromatic N) is 3. The van der Waals surface area contributed by atoms with E-state index < -0.39 is 17.2 Å². The van der Waals surface area contributed by atoms with Crippen molar-refractivity contribution >= 4 is 22.5 Å². The molecule has 34 heavy (non-hydrogen) atoms. The Kier molecular flexibility index (Phi) is 6.48. The summed E-state index contributed by atoms with van der Waals surface area (Å²) in [4.78, 5) is 17.2. The molecule has 182 valence electrons. The molecule has 2 aromatic heterocycles. The number of aliphatic hydroxyl groups is 2. The van der Waals surface area contributed by atoms with Crippen LogP contribution < -0.4 is 5.32 Å². The zero-order chi connectivity index (χ0) is 24.7. The third-order valence-electron chi connectivity index (χ3n) is 6.61. The molecule has 0 aliphatic heterocycles. The van der Waals surface area contributed by atoms with Crippen LogP contribution in [0, 0.1) is 5.92 Å². The van der Waals surface area contributed by atoms with Crippen LogP contribution in [-0.4, -0.2) is 37.5 Å². The second-order valence-corrected chi connectivity index (χ2v) is 10.3. The maximum atomic E-state index is 14.3. The van der Waals surface area contributed by atoms with Crippen LogP contribution in [0.25, 0.3) is 10.9 Å². The van der Waals surface area contributed by atoms with E-state index in [1.165, 1.54) is 19.9 Å². The number of fused-ring (bicyclic) bond motifs is 1. The van der Waals surface area contributed by atoms with Crippen molar-refractivity contribution in [1.82, 2.24) is 14.8 Å². The number of rotatable bonds is 6. The molecular formula is C26H33FN4O3. The number of alkyl halides is 1. The van der Waals surface area contributed by atoms with Gasteiger partial charge in [-0.3, -0.25) is 9.48 Å². The highest BCUT2D eigenvalue weighted by Gasteiger charge is 2.27. The van der Waals surface area contributed by atoms with Crippen LogP contribution in [0.5, 0.6) is 0 Å². The fraction of sp³-hybridized carbons (Fsp3) is 0.500. The van der Waals surface area contributed by atoms with Gasteiger partial charge in [-0.05, 0) is 83.6 Å². The number of aromatic nitrogens is 3. The topological polar surface area (TPSA) is 100 Å². The maximum absolute atomic E-state index is 14.3. The number of aliphatic hydroxyl groups excluding tert-OH is 1. The Morgan fingerprint density at radius 2 is 1.88 bits per heavy atom. The first-order chi connectivity index (χ1) is 16.0. The van der Waals surface area contributed by atoms with Crippen LogP contribution in [0.4, 0.5) is 10.1 Å². The molecule has 0 bridgehead atoms. The van der Waals surface area contributed by atoms with E-state index in [0.29, 0.717) is 17.2 Å². The van der Waals surface area contributed by atoms with Gasteiger partial charge in [0.15, 0.2) is 0 Å². The Bertz CT molecular complexity index is 1180. The van der Waals surface area contributed by atoms with Crippen molar-refractivity contribution in [2.45, 2.75) is 70.7 Å². The molecule has 1 amide bonds. The number of carbonyl (C=O) groups is 1. The molecule has 0 saturated heterocycles. The summed E-state index contributed by atoms with van der Waals surface area (Å²) in [6.07, 6.45) is 5.81. The normalized spacial score (nSPS) is 19.4. The summed E-state index contributed by atoms with van der Waals surface area (Å²) in [5.74, 6) is -0.120. The molecule has 0 atom stereocenters. The minimum atomic E-state index is -1.67. The van der Waals surface area contributed by atoms with Gasteiger partial charge in [-0.2, -0.15) is 5.10 Å². The smallest absolute Gasteiger partial charge is 0.274 e. The highest BCUT2D eigenvalue weighted by molar-refractivity contribution is 6.04. The first kappa shape index (κ1) is 24.3. The third kappa shape index (κ3) is 5.13. The molecule has 1 aliphatic rings. The number of benzene rings is 1. The lowest BCUT2D eigenvalue weighted by molar-refractivity contribution is 0.0793. The molecule has 7 nitrogen and oxygen atoms in total. The first-order valence-electron chi connectivity index (χ1n) is 11.8. The van der Waals surface area contributed by atoms with Crippen LogP contribution in [0.2, 0.25) is 0 Å². The van der Waals surface area contributed by atoms with Gasteiger partial charge in [-0.25, -0.2) is 9.37 Å². The lowest BCUT2D eigenvalue weighted by Crippen LogP contribution is -2.22. The SMILES string of the molecule is CC(C)(O)c1cc2nn([C@H]3CC[C@H](CO)CC3)cc2cc1NC(=O)c1cccc(C(C)(C)F)n1. The Morgan fingerprint density at radius 3 is 2.50 bits per heavy atom. The number of halogens is 1. The molecule has 3 aromatic rings.